The lowest BCUT2D eigenvalue weighted by Gasteiger charge is -2.32. The van der Waals surface area contributed by atoms with Gasteiger partial charge in [-0.1, -0.05) is 41.9 Å². The summed E-state index contributed by atoms with van der Waals surface area (Å²) in [4.78, 5) is 27.4. The Bertz CT molecular complexity index is 2000. The number of piperazine rings is 1. The Morgan fingerprint density at radius 1 is 1.08 bits per heavy atom. The van der Waals surface area contributed by atoms with Gasteiger partial charge >= 0.3 is 5.97 Å². The predicted octanol–water partition coefficient (Wildman–Crippen LogP) is 6.68. The van der Waals surface area contributed by atoms with Crippen LogP contribution in [0.1, 0.15) is 16.7 Å². The van der Waals surface area contributed by atoms with Crippen LogP contribution in [-0.4, -0.2) is 95.5 Å². The van der Waals surface area contributed by atoms with E-state index >= 15 is 0 Å². The van der Waals surface area contributed by atoms with E-state index in [9.17, 15) is 19.4 Å². The smallest absolute Gasteiger partial charge is 0.345 e. The van der Waals surface area contributed by atoms with Crippen molar-refractivity contribution < 1.29 is 33.6 Å². The van der Waals surface area contributed by atoms with Crippen LogP contribution in [-0.2, 0) is 22.6 Å². The average molecular weight is 721 g/mol. The zero-order chi connectivity index (χ0) is 35.4. The molecule has 0 saturated carbocycles. The molecule has 0 radical (unpaired) electrons. The van der Waals surface area contributed by atoms with Gasteiger partial charge in [0.15, 0.2) is 0 Å². The number of fused-ring (bicyclic) bond motifs is 1. The summed E-state index contributed by atoms with van der Waals surface area (Å²) >= 11 is 8.34. The lowest BCUT2D eigenvalue weighted by atomic mass is 9.95. The number of nitrogens with zero attached hydrogens (tertiary/aromatic N) is 4. The summed E-state index contributed by atoms with van der Waals surface area (Å²) in [6.45, 7) is 7.23. The average Bonchev–Trinajstić information content (AvgIpc) is 3.49. The van der Waals surface area contributed by atoms with E-state index in [1.54, 1.807) is 30.3 Å². The van der Waals surface area contributed by atoms with Crippen LogP contribution in [0.15, 0.2) is 60.9 Å². The number of rotatable bonds is 13. The van der Waals surface area contributed by atoms with Crippen molar-refractivity contribution in [3.8, 4) is 38.9 Å². The maximum atomic E-state index is 14.8. The van der Waals surface area contributed by atoms with Crippen LogP contribution in [0.3, 0.4) is 0 Å². The topological polar surface area (TPSA) is 117 Å². The van der Waals surface area contributed by atoms with E-state index in [1.165, 1.54) is 36.9 Å². The number of carboxylic acids is 1. The summed E-state index contributed by atoms with van der Waals surface area (Å²) < 4.78 is 32.3. The molecule has 262 valence electrons. The molecule has 1 saturated heterocycles. The molecule has 13 heteroatoms. The van der Waals surface area contributed by atoms with E-state index in [1.807, 2.05) is 19.1 Å². The van der Waals surface area contributed by atoms with Crippen molar-refractivity contribution in [1.29, 1.82) is 0 Å². The van der Waals surface area contributed by atoms with Crippen molar-refractivity contribution in [2.75, 3.05) is 53.5 Å². The molecule has 3 heterocycles. The highest BCUT2D eigenvalue weighted by Crippen LogP contribution is 2.49. The quantitative estimate of drug-likeness (QED) is 0.136. The second-order valence-electron chi connectivity index (χ2n) is 12.2. The van der Waals surface area contributed by atoms with E-state index in [4.69, 9.17) is 25.8 Å². The highest BCUT2D eigenvalue weighted by Gasteiger charge is 2.28. The number of hydrogen-bond acceptors (Lipinski definition) is 10. The Labute approximate surface area is 298 Å². The molecule has 1 aliphatic rings. The Balaban J connectivity index is 1.43. The van der Waals surface area contributed by atoms with Gasteiger partial charge in [-0.15, -0.1) is 11.3 Å². The van der Waals surface area contributed by atoms with Gasteiger partial charge in [0.05, 0.1) is 17.0 Å². The minimum Gasteiger partial charge on any atom is -0.508 e. The van der Waals surface area contributed by atoms with Gasteiger partial charge < -0.3 is 29.3 Å². The number of phenolic OH excluding ortho intramolecular Hbond substituents is 1. The summed E-state index contributed by atoms with van der Waals surface area (Å²) in [7, 11) is 3.63. The second kappa shape index (κ2) is 15.7. The molecule has 50 heavy (non-hydrogen) atoms. The lowest BCUT2D eigenvalue weighted by Crippen LogP contribution is -2.45. The Kier molecular flexibility index (Phi) is 11.1. The zero-order valence-corrected chi connectivity index (χ0v) is 29.6. The molecule has 0 bridgehead atoms. The number of carbonyl (C=O) groups is 1. The van der Waals surface area contributed by atoms with Crippen molar-refractivity contribution >= 4 is 39.1 Å². The Hall–Kier alpha value is -4.33. The lowest BCUT2D eigenvalue weighted by molar-refractivity contribution is -0.145. The third-order valence-electron chi connectivity index (χ3n) is 8.87. The standard InChI is InChI=1S/C37H38ClFN4O6S/c1-22-26(9-11-29(33(22)38)48-17-16-43-14-12-42(2)13-15-43)31-32-35(49-30(37(45)46)19-23-6-4-5-7-28(23)44)40-21-41-36(32)50-34(31)24-8-10-27(39)25(18-24)20-47-3/h4-11,18,21,30,44H,12-17,19-20H2,1-3H3,(H,45,46)/t30-/m1/s1. The van der Waals surface area contributed by atoms with Crippen molar-refractivity contribution in [2.45, 2.75) is 26.1 Å². The van der Waals surface area contributed by atoms with Gasteiger partial charge in [-0.05, 0) is 60.5 Å². The van der Waals surface area contributed by atoms with Crippen LogP contribution in [0.4, 0.5) is 4.39 Å². The highest BCUT2D eigenvalue weighted by atomic mass is 35.5. The zero-order valence-electron chi connectivity index (χ0n) is 28.0. The fourth-order valence-electron chi connectivity index (χ4n) is 6.03. The molecule has 2 N–H and O–H groups in total. The molecule has 0 spiro atoms. The van der Waals surface area contributed by atoms with E-state index in [2.05, 4.69) is 26.8 Å². The number of aromatic nitrogens is 2. The number of benzene rings is 3. The molecule has 2 aromatic heterocycles. The first-order valence-corrected chi connectivity index (χ1v) is 17.4. The molecule has 0 unspecified atom stereocenters. The van der Waals surface area contributed by atoms with Crippen LogP contribution in [0.5, 0.6) is 17.4 Å². The van der Waals surface area contributed by atoms with Gasteiger partial charge in [0, 0.05) is 62.3 Å². The maximum Gasteiger partial charge on any atom is 0.345 e. The van der Waals surface area contributed by atoms with Crippen LogP contribution in [0.25, 0.3) is 31.8 Å². The van der Waals surface area contributed by atoms with Gasteiger partial charge in [-0.3, -0.25) is 4.90 Å². The number of methoxy groups -OCH3 is 1. The number of halogens is 2. The minimum absolute atomic E-state index is 0.0343. The number of carboxylic acid groups (broad SMARTS) is 1. The number of para-hydroxylation sites is 1. The number of phenols is 1. The molecule has 1 aliphatic heterocycles. The van der Waals surface area contributed by atoms with Crippen LogP contribution >= 0.6 is 22.9 Å². The third kappa shape index (κ3) is 7.69. The van der Waals surface area contributed by atoms with Gasteiger partial charge in [0.2, 0.25) is 12.0 Å². The molecule has 6 rings (SSSR count). The SMILES string of the molecule is COCc1cc(-c2sc3ncnc(O[C@H](Cc4ccccc4O)C(=O)O)c3c2-c2ccc(OCCN3CCN(C)CC3)c(Cl)c2C)ccc1F. The number of ether oxygens (including phenoxy) is 3. The number of likely N-dealkylation sites (N-methyl/N-ethyl adjacent to an activating group) is 1. The van der Waals surface area contributed by atoms with Crippen molar-refractivity contribution in [3.63, 3.8) is 0 Å². The summed E-state index contributed by atoms with van der Waals surface area (Å²) in [5.41, 5.74) is 3.61. The fraction of sp³-hybridized carbons (Fsp3) is 0.324. The van der Waals surface area contributed by atoms with Gasteiger partial charge in [0.1, 0.15) is 35.1 Å². The van der Waals surface area contributed by atoms with Gasteiger partial charge in [-0.2, -0.15) is 0 Å². The molecule has 1 fully saturated rings. The van der Waals surface area contributed by atoms with Crippen LogP contribution in [0, 0.1) is 12.7 Å². The van der Waals surface area contributed by atoms with Crippen molar-refractivity contribution in [3.05, 3.63) is 88.5 Å². The molecule has 1 atom stereocenters. The first kappa shape index (κ1) is 35.5. The molecule has 10 nitrogen and oxygen atoms in total. The first-order chi connectivity index (χ1) is 24.1. The summed E-state index contributed by atoms with van der Waals surface area (Å²) in [5.74, 6) is -1.05. The molecule has 5 aromatic rings. The monoisotopic (exact) mass is 720 g/mol. The minimum atomic E-state index is -1.38. The van der Waals surface area contributed by atoms with E-state index < -0.39 is 17.9 Å². The van der Waals surface area contributed by atoms with Crippen LogP contribution < -0.4 is 9.47 Å². The Morgan fingerprint density at radius 2 is 1.86 bits per heavy atom. The first-order valence-electron chi connectivity index (χ1n) is 16.2. The normalized spacial score (nSPS) is 14.6. The van der Waals surface area contributed by atoms with Gasteiger partial charge in [0.25, 0.3) is 0 Å². The number of hydrogen-bond donors (Lipinski definition) is 2. The number of aromatic hydroxyl groups is 1. The van der Waals surface area contributed by atoms with E-state index in [-0.39, 0.29) is 24.7 Å². The van der Waals surface area contributed by atoms with Crippen molar-refractivity contribution in [1.82, 2.24) is 19.8 Å². The van der Waals surface area contributed by atoms with Gasteiger partial charge in [-0.25, -0.2) is 19.2 Å². The molecular weight excluding hydrogens is 683 g/mol. The molecule has 3 aromatic carbocycles. The van der Waals surface area contributed by atoms with Crippen molar-refractivity contribution in [2.24, 2.45) is 0 Å². The predicted molar refractivity (Wildman–Crippen MR) is 192 cm³/mol. The third-order valence-corrected chi connectivity index (χ3v) is 10.5. The summed E-state index contributed by atoms with van der Waals surface area (Å²) in [6, 6.07) is 15.0. The highest BCUT2D eigenvalue weighted by molar-refractivity contribution is 7.22. The molecular formula is C37H38ClFN4O6S. The van der Waals surface area contributed by atoms with E-state index in [0.29, 0.717) is 49.8 Å². The Morgan fingerprint density at radius 3 is 2.60 bits per heavy atom. The van der Waals surface area contributed by atoms with Crippen LogP contribution in [0.2, 0.25) is 5.02 Å². The summed E-state index contributed by atoms with van der Waals surface area (Å²) in [5, 5.41) is 21.5. The largest absolute Gasteiger partial charge is 0.508 e. The molecule has 0 aliphatic carbocycles. The second-order valence-corrected chi connectivity index (χ2v) is 13.6. The molecule has 0 amide bonds. The number of aliphatic carboxylic acids is 1. The number of thiophene rings is 1. The maximum absolute atomic E-state index is 14.8. The fourth-order valence-corrected chi connectivity index (χ4v) is 7.40. The summed E-state index contributed by atoms with van der Waals surface area (Å²) in [6.07, 6.45) is -0.167. The van der Waals surface area contributed by atoms with E-state index in [0.717, 1.165) is 48.7 Å².